The summed E-state index contributed by atoms with van der Waals surface area (Å²) in [7, 11) is 3.83. The maximum Gasteiger partial charge on any atom is 0.355 e. The number of hydrogen-bond acceptors (Lipinski definition) is 5. The van der Waals surface area contributed by atoms with Crippen LogP contribution in [0.1, 0.15) is 27.9 Å². The van der Waals surface area contributed by atoms with Crippen LogP contribution in [0.25, 0.3) is 0 Å². The van der Waals surface area contributed by atoms with E-state index in [1.165, 1.54) is 22.9 Å². The number of hydrogen-bond donors (Lipinski definition) is 1. The van der Waals surface area contributed by atoms with E-state index in [0.717, 1.165) is 0 Å². The van der Waals surface area contributed by atoms with Crippen LogP contribution in [0.5, 0.6) is 5.75 Å². The van der Waals surface area contributed by atoms with E-state index < -0.39 is 11.8 Å². The van der Waals surface area contributed by atoms with E-state index in [2.05, 4.69) is 16.8 Å². The monoisotopic (exact) mass is 376 g/mol. The van der Waals surface area contributed by atoms with Crippen LogP contribution in [0.2, 0.25) is 0 Å². The highest BCUT2D eigenvalue weighted by Crippen LogP contribution is 2.21. The predicted octanol–water partition coefficient (Wildman–Crippen LogP) is 3.15. The highest BCUT2D eigenvalue weighted by atomic mass is 32.1. The molecule has 0 radical (unpaired) electrons. The molecule has 2 aromatic rings. The minimum atomic E-state index is -1.04. The minimum Gasteiger partial charge on any atom is -0.490 e. The smallest absolute Gasteiger partial charge is 0.355 e. The Morgan fingerprint density at radius 3 is 2.88 bits per heavy atom. The van der Waals surface area contributed by atoms with E-state index in [1.807, 2.05) is 25.9 Å². The molecule has 0 aliphatic heterocycles. The molecule has 0 aliphatic rings. The van der Waals surface area contributed by atoms with Crippen LogP contribution in [-0.4, -0.2) is 48.2 Å². The summed E-state index contributed by atoms with van der Waals surface area (Å²) in [6.07, 6.45) is 0.516. The third-order valence-electron chi connectivity index (χ3n) is 3.46. The molecule has 0 amide bonds. The first kappa shape index (κ1) is 19.9. The summed E-state index contributed by atoms with van der Waals surface area (Å²) >= 11 is 1.30. The van der Waals surface area contributed by atoms with Gasteiger partial charge in [-0.05, 0) is 44.6 Å². The fourth-order valence-electron chi connectivity index (χ4n) is 2.19. The SMILES string of the molecule is C[C@H](COc1ccc(C#CCN(C)C)cc1F)Cc1scnc1C(=O)O. The Kier molecular flexibility index (Phi) is 7.13. The number of carbonyl (C=O) groups is 1. The number of ether oxygens (including phenoxy) is 1. The van der Waals surface area contributed by atoms with Gasteiger partial charge in [-0.25, -0.2) is 14.2 Å². The fourth-order valence-corrected chi connectivity index (χ4v) is 3.11. The second-order valence-corrected chi connectivity index (χ2v) is 7.17. The van der Waals surface area contributed by atoms with E-state index in [1.54, 1.807) is 12.1 Å². The van der Waals surface area contributed by atoms with Crippen molar-refractivity contribution in [3.05, 3.63) is 45.7 Å². The summed E-state index contributed by atoms with van der Waals surface area (Å²) in [6.45, 7) is 2.80. The minimum absolute atomic E-state index is 0.0208. The molecule has 7 heteroatoms. The van der Waals surface area contributed by atoms with E-state index >= 15 is 0 Å². The summed E-state index contributed by atoms with van der Waals surface area (Å²) in [6, 6.07) is 4.64. The van der Waals surface area contributed by atoms with Gasteiger partial charge < -0.3 is 9.84 Å². The Labute approximate surface area is 156 Å². The molecule has 1 N–H and O–H groups in total. The van der Waals surface area contributed by atoms with Gasteiger partial charge in [-0.3, -0.25) is 4.90 Å². The number of halogens is 1. The topological polar surface area (TPSA) is 62.7 Å². The van der Waals surface area contributed by atoms with Crippen molar-refractivity contribution in [3.8, 4) is 17.6 Å². The first-order valence-electron chi connectivity index (χ1n) is 8.08. The number of thiazole rings is 1. The molecular weight excluding hydrogens is 355 g/mol. The van der Waals surface area contributed by atoms with Crippen LogP contribution < -0.4 is 4.74 Å². The first-order valence-corrected chi connectivity index (χ1v) is 8.96. The zero-order valence-electron chi connectivity index (χ0n) is 15.0. The summed E-state index contributed by atoms with van der Waals surface area (Å²) < 4.78 is 19.7. The molecule has 26 heavy (non-hydrogen) atoms. The molecule has 0 aliphatic carbocycles. The second-order valence-electron chi connectivity index (χ2n) is 6.23. The summed E-state index contributed by atoms with van der Waals surface area (Å²) in [5.41, 5.74) is 2.19. The number of carboxylic acid groups (broad SMARTS) is 1. The lowest BCUT2D eigenvalue weighted by molar-refractivity contribution is 0.0690. The maximum atomic E-state index is 14.1. The van der Waals surface area contributed by atoms with Crippen molar-refractivity contribution in [2.45, 2.75) is 13.3 Å². The Morgan fingerprint density at radius 2 is 2.23 bits per heavy atom. The molecule has 0 spiro atoms. The van der Waals surface area contributed by atoms with E-state index in [9.17, 15) is 9.18 Å². The predicted molar refractivity (Wildman–Crippen MR) is 99.3 cm³/mol. The van der Waals surface area contributed by atoms with Gasteiger partial charge in [-0.1, -0.05) is 18.8 Å². The molecule has 2 rings (SSSR count). The number of aromatic nitrogens is 1. The van der Waals surface area contributed by atoms with Gasteiger partial charge in [0.2, 0.25) is 0 Å². The van der Waals surface area contributed by atoms with Crippen molar-refractivity contribution in [1.82, 2.24) is 9.88 Å². The Hall–Kier alpha value is -2.43. The molecule has 0 fully saturated rings. The molecule has 1 aromatic heterocycles. The zero-order chi connectivity index (χ0) is 19.1. The summed E-state index contributed by atoms with van der Waals surface area (Å²) in [5.74, 6) is 4.55. The molecule has 1 heterocycles. The van der Waals surface area contributed by atoms with Crippen molar-refractivity contribution in [1.29, 1.82) is 0 Å². The Balaban J connectivity index is 1.93. The third kappa shape index (κ3) is 5.83. The van der Waals surface area contributed by atoms with Gasteiger partial charge in [-0.2, -0.15) is 0 Å². The third-order valence-corrected chi connectivity index (χ3v) is 4.32. The highest BCUT2D eigenvalue weighted by Gasteiger charge is 2.16. The van der Waals surface area contributed by atoms with E-state index in [0.29, 0.717) is 23.4 Å². The van der Waals surface area contributed by atoms with Crippen LogP contribution in [0.15, 0.2) is 23.7 Å². The zero-order valence-corrected chi connectivity index (χ0v) is 15.8. The average molecular weight is 376 g/mol. The molecule has 0 saturated heterocycles. The van der Waals surface area contributed by atoms with Crippen molar-refractivity contribution in [2.24, 2.45) is 5.92 Å². The summed E-state index contributed by atoms with van der Waals surface area (Å²) in [4.78, 5) is 17.6. The van der Waals surface area contributed by atoms with Crippen molar-refractivity contribution < 1.29 is 19.0 Å². The lowest BCUT2D eigenvalue weighted by atomic mass is 10.1. The molecule has 5 nitrogen and oxygen atoms in total. The average Bonchev–Trinajstić information content (AvgIpc) is 3.02. The quantitative estimate of drug-likeness (QED) is 0.752. The van der Waals surface area contributed by atoms with Crippen LogP contribution in [0.4, 0.5) is 4.39 Å². The molecule has 138 valence electrons. The largest absolute Gasteiger partial charge is 0.490 e. The molecule has 0 saturated carbocycles. The van der Waals surface area contributed by atoms with Gasteiger partial charge in [0.15, 0.2) is 17.3 Å². The van der Waals surface area contributed by atoms with Gasteiger partial charge in [0.25, 0.3) is 0 Å². The van der Waals surface area contributed by atoms with Crippen LogP contribution in [0.3, 0.4) is 0 Å². The second kappa shape index (κ2) is 9.32. The molecular formula is C19H21FN2O3S. The Morgan fingerprint density at radius 1 is 1.46 bits per heavy atom. The number of rotatable bonds is 7. The maximum absolute atomic E-state index is 14.1. The number of carboxylic acids is 1. The lowest BCUT2D eigenvalue weighted by Gasteiger charge is -2.13. The van der Waals surface area contributed by atoms with E-state index in [4.69, 9.17) is 9.84 Å². The van der Waals surface area contributed by atoms with Crippen LogP contribution >= 0.6 is 11.3 Å². The van der Waals surface area contributed by atoms with Gasteiger partial charge in [0.05, 0.1) is 18.7 Å². The first-order chi connectivity index (χ1) is 12.4. The van der Waals surface area contributed by atoms with Gasteiger partial charge in [0, 0.05) is 10.4 Å². The van der Waals surface area contributed by atoms with Gasteiger partial charge in [-0.15, -0.1) is 11.3 Å². The normalized spacial score (nSPS) is 11.7. The number of benzene rings is 1. The summed E-state index contributed by atoms with van der Waals surface area (Å²) in [5, 5.41) is 9.08. The standard InChI is InChI=1S/C19H21FN2O3S/c1-13(9-17-18(19(23)24)21-12-26-17)11-25-16-7-6-14(10-15(16)20)5-4-8-22(2)3/h6-7,10,12-13H,8-9,11H2,1-3H3,(H,23,24)/t13-/m0/s1. The van der Waals surface area contributed by atoms with Gasteiger partial charge >= 0.3 is 5.97 Å². The molecule has 1 atom stereocenters. The Bertz CT molecular complexity index is 824. The molecule has 0 unspecified atom stereocenters. The van der Waals surface area contributed by atoms with E-state index in [-0.39, 0.29) is 24.0 Å². The number of nitrogens with zero attached hydrogens (tertiary/aromatic N) is 2. The fraction of sp³-hybridized carbons (Fsp3) is 0.368. The number of aromatic carboxylic acids is 1. The highest BCUT2D eigenvalue weighted by molar-refractivity contribution is 7.09. The van der Waals surface area contributed by atoms with Crippen molar-refractivity contribution >= 4 is 17.3 Å². The lowest BCUT2D eigenvalue weighted by Crippen LogP contribution is -2.13. The van der Waals surface area contributed by atoms with Gasteiger partial charge in [0.1, 0.15) is 0 Å². The van der Waals surface area contributed by atoms with Crippen molar-refractivity contribution in [2.75, 3.05) is 27.2 Å². The van der Waals surface area contributed by atoms with Crippen LogP contribution in [-0.2, 0) is 6.42 Å². The van der Waals surface area contributed by atoms with Crippen LogP contribution in [0, 0.1) is 23.6 Å². The van der Waals surface area contributed by atoms with Crippen molar-refractivity contribution in [3.63, 3.8) is 0 Å². The molecule has 0 bridgehead atoms. The molecule has 1 aromatic carbocycles.